The Morgan fingerprint density at radius 1 is 1.45 bits per heavy atom. The fraction of sp³-hybridized carbons (Fsp3) is 1.00. The fourth-order valence-corrected chi connectivity index (χ4v) is 0.397. The minimum absolute atomic E-state index is 0.545. The van der Waals surface area contributed by atoms with E-state index in [2.05, 4.69) is 9.22 Å². The molecule has 7 nitrogen and oxygen atoms in total. The molecule has 0 rings (SSSR count). The van der Waals surface area contributed by atoms with E-state index in [1.807, 2.05) is 0 Å². The molecule has 1 atom stereocenters. The van der Waals surface area contributed by atoms with Crippen molar-refractivity contribution in [2.45, 2.75) is 6.10 Å². The first-order valence-corrected chi connectivity index (χ1v) is 3.89. The Morgan fingerprint density at radius 3 is 2.36 bits per heavy atom. The average molecular weight is 188 g/mol. The molecule has 11 heavy (non-hydrogen) atoms. The summed E-state index contributed by atoms with van der Waals surface area (Å²) in [5, 5.41) is 16.7. The van der Waals surface area contributed by atoms with Crippen LogP contribution in [0.25, 0.3) is 0 Å². The van der Waals surface area contributed by atoms with Gasteiger partial charge in [-0.2, -0.15) is 8.42 Å². The van der Waals surface area contributed by atoms with Crippen LogP contribution in [0.15, 0.2) is 0 Å². The van der Waals surface area contributed by atoms with Gasteiger partial charge in [-0.05, 0) is 0 Å². The summed E-state index contributed by atoms with van der Waals surface area (Å²) in [5.41, 5.74) is 0. The number of aliphatic hydroxyl groups excluding tert-OH is 2. The maximum atomic E-state index is 9.77. The lowest BCUT2D eigenvalue weighted by atomic mass is 10.4. The van der Waals surface area contributed by atoms with Crippen LogP contribution in [0, 0.1) is 0 Å². The van der Waals surface area contributed by atoms with Crippen molar-refractivity contribution in [1.82, 2.24) is 0 Å². The molecule has 0 spiro atoms. The van der Waals surface area contributed by atoms with Crippen molar-refractivity contribution in [2.24, 2.45) is 0 Å². The van der Waals surface area contributed by atoms with Crippen molar-refractivity contribution in [1.29, 1.82) is 0 Å². The first-order valence-electron chi connectivity index (χ1n) is 2.53. The molecule has 0 aromatic heterocycles. The van der Waals surface area contributed by atoms with E-state index in [0.29, 0.717) is 0 Å². The van der Waals surface area contributed by atoms with Crippen LogP contribution in [0.1, 0.15) is 0 Å². The highest BCUT2D eigenvalue weighted by Crippen LogP contribution is 1.90. The van der Waals surface area contributed by atoms with Gasteiger partial charge in [0.1, 0.15) is 12.7 Å². The second kappa shape index (κ2) is 4.59. The normalized spacial score (nSPS) is 14.8. The van der Waals surface area contributed by atoms with Gasteiger partial charge in [0.15, 0.2) is 0 Å². The molecule has 0 aliphatic heterocycles. The summed E-state index contributed by atoms with van der Waals surface area (Å²) in [6.07, 6.45) is -1.24. The van der Waals surface area contributed by atoms with E-state index in [4.69, 9.17) is 14.8 Å². The summed E-state index contributed by atoms with van der Waals surface area (Å²) in [6.45, 7) is -1.13. The Hall–Kier alpha value is -0.250. The van der Waals surface area contributed by atoms with Crippen molar-refractivity contribution in [2.75, 3.05) is 13.2 Å². The highest BCUT2D eigenvalue weighted by molar-refractivity contribution is 7.80. The summed E-state index contributed by atoms with van der Waals surface area (Å²) >= 11 is 0. The molecule has 0 aromatic carbocycles. The van der Waals surface area contributed by atoms with Gasteiger partial charge < -0.3 is 10.2 Å². The van der Waals surface area contributed by atoms with E-state index < -0.39 is 29.7 Å². The lowest BCUT2D eigenvalue weighted by Gasteiger charge is -2.04. The maximum Gasteiger partial charge on any atom is 0.424 e. The lowest BCUT2D eigenvalue weighted by molar-refractivity contribution is -0.226. The van der Waals surface area contributed by atoms with Crippen LogP contribution in [0.5, 0.6) is 0 Å². The molecule has 0 radical (unpaired) electrons. The molecule has 0 saturated carbocycles. The zero-order valence-electron chi connectivity index (χ0n) is 5.37. The van der Waals surface area contributed by atoms with Gasteiger partial charge in [0.2, 0.25) is 0 Å². The number of hydrogen-bond acceptors (Lipinski definition) is 6. The zero-order valence-corrected chi connectivity index (χ0v) is 6.19. The Labute approximate surface area is 63.1 Å². The Morgan fingerprint density at radius 2 is 2.00 bits per heavy atom. The second-order valence-corrected chi connectivity index (χ2v) is 2.61. The van der Waals surface area contributed by atoms with Gasteiger partial charge in [0.05, 0.1) is 6.61 Å². The van der Waals surface area contributed by atoms with Gasteiger partial charge in [0.25, 0.3) is 0 Å². The van der Waals surface area contributed by atoms with E-state index in [-0.39, 0.29) is 0 Å². The van der Waals surface area contributed by atoms with Gasteiger partial charge in [-0.1, -0.05) is 4.33 Å². The largest absolute Gasteiger partial charge is 0.424 e. The van der Waals surface area contributed by atoms with Crippen LogP contribution in [0.4, 0.5) is 0 Å². The molecule has 0 fully saturated rings. The van der Waals surface area contributed by atoms with Gasteiger partial charge >= 0.3 is 10.4 Å². The Balaban J connectivity index is 3.43. The van der Waals surface area contributed by atoms with Crippen LogP contribution in [-0.4, -0.2) is 42.5 Å². The minimum Gasteiger partial charge on any atom is -0.394 e. The lowest BCUT2D eigenvalue weighted by Crippen LogP contribution is -2.20. The second-order valence-electron chi connectivity index (χ2n) is 1.62. The van der Waals surface area contributed by atoms with Gasteiger partial charge in [-0.15, -0.1) is 0 Å². The average Bonchev–Trinajstić information content (AvgIpc) is 1.85. The SMILES string of the molecule is O=S(=O)(O)OOCC(O)CO. The van der Waals surface area contributed by atoms with E-state index in [1.54, 1.807) is 0 Å². The van der Waals surface area contributed by atoms with Crippen LogP contribution >= 0.6 is 0 Å². The molecule has 3 N–H and O–H groups in total. The van der Waals surface area contributed by atoms with E-state index in [0.717, 1.165) is 0 Å². The van der Waals surface area contributed by atoms with E-state index in [9.17, 15) is 8.42 Å². The number of rotatable bonds is 5. The van der Waals surface area contributed by atoms with Crippen molar-refractivity contribution in [3.63, 3.8) is 0 Å². The molecule has 8 heteroatoms. The molecule has 1 unspecified atom stereocenters. The maximum absolute atomic E-state index is 9.77. The minimum atomic E-state index is -4.64. The third-order valence-corrected chi connectivity index (χ3v) is 0.873. The molecule has 0 amide bonds. The van der Waals surface area contributed by atoms with Crippen molar-refractivity contribution in [3.05, 3.63) is 0 Å². The van der Waals surface area contributed by atoms with Crippen LogP contribution in [-0.2, 0) is 19.6 Å². The van der Waals surface area contributed by atoms with E-state index >= 15 is 0 Å². The van der Waals surface area contributed by atoms with Crippen molar-refractivity contribution in [3.8, 4) is 0 Å². The molecule has 0 aliphatic carbocycles. The fourth-order valence-electron chi connectivity index (χ4n) is 0.220. The highest BCUT2D eigenvalue weighted by atomic mass is 32.3. The molecule has 0 aliphatic rings. The van der Waals surface area contributed by atoms with Crippen molar-refractivity contribution >= 4 is 10.4 Å². The standard InChI is InChI=1S/C3H8O7S/c4-1-3(5)2-9-10-11(6,7)8/h3-5H,1-2H2,(H,6,7,8). The van der Waals surface area contributed by atoms with Gasteiger partial charge in [-0.3, -0.25) is 4.55 Å². The summed E-state index contributed by atoms with van der Waals surface area (Å²) in [6, 6.07) is 0. The first kappa shape index (κ1) is 10.8. The summed E-state index contributed by atoms with van der Waals surface area (Å²) in [7, 11) is -4.64. The van der Waals surface area contributed by atoms with Crippen LogP contribution < -0.4 is 0 Å². The van der Waals surface area contributed by atoms with E-state index in [1.165, 1.54) is 0 Å². The third-order valence-electron chi connectivity index (χ3n) is 0.605. The number of hydrogen-bond donors (Lipinski definition) is 3. The van der Waals surface area contributed by atoms with Gasteiger partial charge in [0, 0.05) is 0 Å². The van der Waals surface area contributed by atoms with Crippen LogP contribution in [0.3, 0.4) is 0 Å². The quantitative estimate of drug-likeness (QED) is 0.262. The molecule has 0 saturated heterocycles. The Bertz CT molecular complexity index is 184. The van der Waals surface area contributed by atoms with Crippen LogP contribution in [0.2, 0.25) is 0 Å². The topological polar surface area (TPSA) is 113 Å². The Kier molecular flexibility index (Phi) is 4.49. The zero-order chi connectivity index (χ0) is 8.91. The van der Waals surface area contributed by atoms with Gasteiger partial charge in [-0.25, -0.2) is 4.89 Å². The molecule has 68 valence electrons. The summed E-state index contributed by atoms with van der Waals surface area (Å²) in [4.78, 5) is 3.80. The molecular formula is C3H8O7S. The summed E-state index contributed by atoms with van der Waals surface area (Å²) in [5.74, 6) is 0. The molecular weight excluding hydrogens is 180 g/mol. The number of aliphatic hydroxyl groups is 2. The monoisotopic (exact) mass is 188 g/mol. The predicted octanol–water partition coefficient (Wildman–Crippen LogP) is -1.91. The third kappa shape index (κ3) is 7.65. The first-order chi connectivity index (χ1) is 4.95. The highest BCUT2D eigenvalue weighted by Gasteiger charge is 2.08. The summed E-state index contributed by atoms with van der Waals surface area (Å²) < 4.78 is 30.8. The molecule has 0 heterocycles. The molecule has 0 bridgehead atoms. The molecule has 0 aromatic rings. The smallest absolute Gasteiger partial charge is 0.394 e. The van der Waals surface area contributed by atoms with Crippen molar-refractivity contribution < 1.29 is 32.4 Å². The predicted molar refractivity (Wildman–Crippen MR) is 31.7 cm³/mol.